The third-order valence-electron chi connectivity index (χ3n) is 3.60. The van der Waals surface area contributed by atoms with E-state index >= 15 is 0 Å². The minimum absolute atomic E-state index is 0.108. The van der Waals surface area contributed by atoms with E-state index in [4.69, 9.17) is 5.26 Å². The van der Waals surface area contributed by atoms with Crippen LogP contribution in [0.25, 0.3) is 0 Å². The zero-order valence-electron chi connectivity index (χ0n) is 15.0. The third kappa shape index (κ3) is 7.24. The van der Waals surface area contributed by atoms with Crippen LogP contribution in [-0.4, -0.2) is 41.0 Å². The van der Waals surface area contributed by atoms with Gasteiger partial charge in [0.1, 0.15) is 18.3 Å². The molecule has 0 radical (unpaired) electrons. The van der Waals surface area contributed by atoms with Crippen LogP contribution < -0.4 is 15.4 Å². The molecule has 7 nitrogen and oxygen atoms in total. The van der Waals surface area contributed by atoms with Gasteiger partial charge in [-0.05, 0) is 17.5 Å². The zero-order chi connectivity index (χ0) is 21.2. The van der Waals surface area contributed by atoms with Gasteiger partial charge in [-0.25, -0.2) is 0 Å². The van der Waals surface area contributed by atoms with Gasteiger partial charge in [0.2, 0.25) is 5.91 Å². The Kier molecular flexibility index (Phi) is 8.69. The Morgan fingerprint density at radius 1 is 1.28 bits per heavy atom. The number of benzene rings is 1. The van der Waals surface area contributed by atoms with Gasteiger partial charge in [-0.2, -0.15) is 25.4 Å². The molecule has 0 saturated heterocycles. The average molecular weight is 441 g/mol. The molecule has 154 valence electrons. The van der Waals surface area contributed by atoms with Gasteiger partial charge in [-0.15, -0.1) is 0 Å². The number of nitriles is 1. The molecule has 1 aromatic heterocycles. The first-order valence-electron chi connectivity index (χ1n) is 8.26. The third-order valence-corrected chi connectivity index (χ3v) is 5.63. The molecule has 1 unspecified atom stereocenters. The van der Waals surface area contributed by atoms with Gasteiger partial charge < -0.3 is 15.4 Å². The minimum Gasteiger partial charge on any atom is -0.435 e. The second-order valence-corrected chi connectivity index (χ2v) is 7.93. The number of carbonyl (C=O) groups is 2. The van der Waals surface area contributed by atoms with E-state index in [1.54, 1.807) is 29.0 Å². The second-order valence-electron chi connectivity index (χ2n) is 5.65. The van der Waals surface area contributed by atoms with Gasteiger partial charge in [0.15, 0.2) is 0 Å². The van der Waals surface area contributed by atoms with Crippen molar-refractivity contribution < 1.29 is 27.3 Å². The Hall–Kier alpha value is -2.84. The van der Waals surface area contributed by atoms with Gasteiger partial charge in [0.25, 0.3) is 5.91 Å². The number of rotatable bonds is 10. The topological polar surface area (TPSA) is 108 Å². The largest absolute Gasteiger partial charge is 0.435 e. The fourth-order valence-corrected chi connectivity index (χ4v) is 4.27. The summed E-state index contributed by atoms with van der Waals surface area (Å²) >= 11 is 1.30. The van der Waals surface area contributed by atoms with E-state index < -0.39 is 35.3 Å². The lowest BCUT2D eigenvalue weighted by molar-refractivity contribution is -0.122. The number of para-hydroxylation sites is 1. The number of alkyl halides is 2. The standard InChI is InChI=1S/C18H17F2N3O4S2/c19-18(20)27-15-4-2-1-3-13(15)10-29(26)11-14(17(25)22-7-6-21)23-16(24)12-5-8-28-9-12/h1-5,8-9,14,18H,7,10-11H2,(H,22,25)(H,23,24)/t14-,29?/m0/s1. The van der Waals surface area contributed by atoms with Crippen molar-refractivity contribution in [1.29, 1.82) is 5.26 Å². The minimum atomic E-state index is -3.03. The molecule has 29 heavy (non-hydrogen) atoms. The molecule has 1 aromatic carbocycles. The summed E-state index contributed by atoms with van der Waals surface area (Å²) < 4.78 is 42.0. The van der Waals surface area contributed by atoms with E-state index in [1.165, 1.54) is 29.5 Å². The van der Waals surface area contributed by atoms with Crippen molar-refractivity contribution in [3.05, 3.63) is 52.2 Å². The van der Waals surface area contributed by atoms with Crippen LogP contribution in [-0.2, 0) is 21.3 Å². The first-order chi connectivity index (χ1) is 13.9. The van der Waals surface area contributed by atoms with Crippen LogP contribution in [0.4, 0.5) is 8.78 Å². The number of nitrogens with one attached hydrogen (secondary N) is 2. The van der Waals surface area contributed by atoms with Crippen LogP contribution in [0.2, 0.25) is 0 Å². The Morgan fingerprint density at radius 2 is 2.03 bits per heavy atom. The maximum atomic E-state index is 12.6. The Morgan fingerprint density at radius 3 is 2.69 bits per heavy atom. The first kappa shape index (κ1) is 22.4. The van der Waals surface area contributed by atoms with Crippen LogP contribution in [0.1, 0.15) is 15.9 Å². The number of hydrogen-bond acceptors (Lipinski definition) is 6. The predicted molar refractivity (Wildman–Crippen MR) is 104 cm³/mol. The second kappa shape index (κ2) is 11.2. The molecular weight excluding hydrogens is 424 g/mol. The van der Waals surface area contributed by atoms with E-state index in [9.17, 15) is 22.6 Å². The lowest BCUT2D eigenvalue weighted by atomic mass is 10.2. The van der Waals surface area contributed by atoms with Crippen molar-refractivity contribution in [3.63, 3.8) is 0 Å². The smallest absolute Gasteiger partial charge is 0.387 e. The first-order valence-corrected chi connectivity index (χ1v) is 10.7. The van der Waals surface area contributed by atoms with Crippen LogP contribution in [0.3, 0.4) is 0 Å². The van der Waals surface area contributed by atoms with Crippen LogP contribution in [0.5, 0.6) is 5.75 Å². The van der Waals surface area contributed by atoms with Crippen molar-refractivity contribution in [2.45, 2.75) is 18.4 Å². The molecule has 0 spiro atoms. The molecule has 0 aliphatic carbocycles. The summed E-state index contributed by atoms with van der Waals surface area (Å²) in [6.45, 7) is -3.31. The molecular formula is C18H17F2N3O4S2. The highest BCUT2D eigenvalue weighted by Crippen LogP contribution is 2.22. The molecule has 2 amide bonds. The Balaban J connectivity index is 2.09. The zero-order valence-corrected chi connectivity index (χ0v) is 16.6. The number of halogens is 2. The van der Waals surface area contributed by atoms with Crippen molar-refractivity contribution in [1.82, 2.24) is 10.6 Å². The quantitative estimate of drug-likeness (QED) is 0.549. The van der Waals surface area contributed by atoms with Crippen molar-refractivity contribution in [2.24, 2.45) is 0 Å². The van der Waals surface area contributed by atoms with Gasteiger partial charge >= 0.3 is 6.61 Å². The normalized spacial score (nSPS) is 12.6. The maximum Gasteiger partial charge on any atom is 0.387 e. The highest BCUT2D eigenvalue weighted by Gasteiger charge is 2.24. The Bertz CT molecular complexity index is 901. The highest BCUT2D eigenvalue weighted by molar-refractivity contribution is 7.84. The van der Waals surface area contributed by atoms with Crippen LogP contribution in [0, 0.1) is 11.3 Å². The van der Waals surface area contributed by atoms with Crippen LogP contribution >= 0.6 is 11.3 Å². The van der Waals surface area contributed by atoms with E-state index in [-0.39, 0.29) is 29.4 Å². The number of carbonyl (C=O) groups excluding carboxylic acids is 2. The number of thiophene rings is 1. The summed E-state index contributed by atoms with van der Waals surface area (Å²) in [5.41, 5.74) is 0.626. The number of hydrogen-bond donors (Lipinski definition) is 2. The summed E-state index contributed by atoms with van der Waals surface area (Å²) in [5, 5.41) is 16.7. The Labute approximate surface area is 172 Å². The number of ether oxygens (including phenoxy) is 1. The number of nitrogens with zero attached hydrogens (tertiary/aromatic N) is 1. The molecule has 2 N–H and O–H groups in total. The maximum absolute atomic E-state index is 12.6. The molecule has 11 heteroatoms. The lowest BCUT2D eigenvalue weighted by Crippen LogP contribution is -2.49. The SMILES string of the molecule is N#CCNC(=O)[C@H](CS(=O)Cc1ccccc1OC(F)F)NC(=O)c1ccsc1. The molecule has 2 aromatic rings. The van der Waals surface area contributed by atoms with Crippen molar-refractivity contribution in [2.75, 3.05) is 12.3 Å². The highest BCUT2D eigenvalue weighted by atomic mass is 32.2. The molecule has 0 aliphatic heterocycles. The number of amides is 2. The van der Waals surface area contributed by atoms with E-state index in [0.717, 1.165) is 0 Å². The van der Waals surface area contributed by atoms with Gasteiger partial charge in [0, 0.05) is 21.7 Å². The summed E-state index contributed by atoms with van der Waals surface area (Å²) in [4.78, 5) is 24.5. The lowest BCUT2D eigenvalue weighted by Gasteiger charge is -2.18. The fourth-order valence-electron chi connectivity index (χ4n) is 2.32. The monoisotopic (exact) mass is 441 g/mol. The van der Waals surface area contributed by atoms with Crippen LogP contribution in [0.15, 0.2) is 41.1 Å². The predicted octanol–water partition coefficient (Wildman–Crippen LogP) is 2.04. The average Bonchev–Trinajstić information content (AvgIpc) is 3.21. The van der Waals surface area contributed by atoms with Crippen molar-refractivity contribution >= 4 is 34.0 Å². The van der Waals surface area contributed by atoms with E-state index in [0.29, 0.717) is 5.56 Å². The summed E-state index contributed by atoms with van der Waals surface area (Å²) in [5.74, 6) is -1.72. The van der Waals surface area contributed by atoms with E-state index in [1.807, 2.05) is 0 Å². The molecule has 0 aliphatic rings. The summed E-state index contributed by atoms with van der Waals surface area (Å²) in [6, 6.07) is 8.05. The van der Waals surface area contributed by atoms with Gasteiger partial charge in [-0.3, -0.25) is 13.8 Å². The van der Waals surface area contributed by atoms with Crippen molar-refractivity contribution in [3.8, 4) is 11.8 Å². The van der Waals surface area contributed by atoms with E-state index in [2.05, 4.69) is 15.4 Å². The summed E-state index contributed by atoms with van der Waals surface area (Å²) in [6.07, 6.45) is 0. The fraction of sp³-hybridized carbons (Fsp3) is 0.278. The van der Waals surface area contributed by atoms with Gasteiger partial charge in [-0.1, -0.05) is 18.2 Å². The molecule has 0 saturated carbocycles. The molecule has 1 heterocycles. The molecule has 0 bridgehead atoms. The molecule has 2 rings (SSSR count). The summed E-state index contributed by atoms with van der Waals surface area (Å²) in [7, 11) is -1.70. The molecule has 0 fully saturated rings. The molecule has 2 atom stereocenters. The van der Waals surface area contributed by atoms with Gasteiger partial charge in [0.05, 0.1) is 23.1 Å².